The van der Waals surface area contributed by atoms with E-state index in [-0.39, 0.29) is 11.7 Å². The van der Waals surface area contributed by atoms with E-state index < -0.39 is 0 Å². The number of rotatable bonds is 8. The van der Waals surface area contributed by atoms with Crippen LogP contribution >= 0.6 is 0 Å². The Morgan fingerprint density at radius 2 is 1.96 bits per heavy atom. The molecule has 0 atom stereocenters. The third-order valence-corrected chi connectivity index (χ3v) is 4.90. The van der Waals surface area contributed by atoms with Crippen molar-refractivity contribution in [3.63, 3.8) is 0 Å². The fourth-order valence-corrected chi connectivity index (χ4v) is 3.48. The number of amides is 1. The van der Waals surface area contributed by atoms with Crippen LogP contribution < -0.4 is 0 Å². The van der Waals surface area contributed by atoms with Gasteiger partial charge in [0.05, 0.1) is 17.6 Å². The van der Waals surface area contributed by atoms with Crippen molar-refractivity contribution in [2.75, 3.05) is 6.54 Å². The lowest BCUT2D eigenvalue weighted by molar-refractivity contribution is 0.0734. The summed E-state index contributed by atoms with van der Waals surface area (Å²) in [6.45, 7) is 8.09. The van der Waals surface area contributed by atoms with Crippen LogP contribution in [0.3, 0.4) is 0 Å². The monoisotopic (exact) mass is 381 g/mol. The standard InChI is InChI=1S/C23H28FN3O/c1-4-6-13-26(23(28)18-9-7-8-17(3)14-18)16-22-25-20-15-19(24)10-11-21(20)27(22)12-5-2/h7-11,14-15H,4-6,12-13,16H2,1-3H3. The first kappa shape index (κ1) is 20.1. The lowest BCUT2D eigenvalue weighted by Gasteiger charge is -2.23. The average molecular weight is 381 g/mol. The summed E-state index contributed by atoms with van der Waals surface area (Å²) in [6.07, 6.45) is 2.88. The highest BCUT2D eigenvalue weighted by Gasteiger charge is 2.20. The Morgan fingerprint density at radius 3 is 2.68 bits per heavy atom. The van der Waals surface area contributed by atoms with Crippen molar-refractivity contribution in [2.45, 2.75) is 53.1 Å². The van der Waals surface area contributed by atoms with E-state index in [2.05, 4.69) is 23.4 Å². The maximum absolute atomic E-state index is 13.7. The zero-order chi connectivity index (χ0) is 20.1. The van der Waals surface area contributed by atoms with Crippen LogP contribution in [-0.2, 0) is 13.1 Å². The van der Waals surface area contributed by atoms with E-state index in [1.807, 2.05) is 36.1 Å². The highest BCUT2D eigenvalue weighted by atomic mass is 19.1. The van der Waals surface area contributed by atoms with Crippen LogP contribution in [0.4, 0.5) is 4.39 Å². The van der Waals surface area contributed by atoms with Gasteiger partial charge < -0.3 is 9.47 Å². The SMILES string of the molecule is CCCCN(Cc1nc2cc(F)ccc2n1CCC)C(=O)c1cccc(C)c1. The van der Waals surface area contributed by atoms with Crippen LogP contribution in [0.25, 0.3) is 11.0 Å². The predicted molar refractivity (Wildman–Crippen MR) is 111 cm³/mol. The molecule has 1 heterocycles. The van der Waals surface area contributed by atoms with Gasteiger partial charge in [-0.2, -0.15) is 0 Å². The number of imidazole rings is 1. The van der Waals surface area contributed by atoms with Gasteiger partial charge in [0, 0.05) is 24.7 Å². The largest absolute Gasteiger partial charge is 0.331 e. The molecule has 1 aromatic heterocycles. The minimum absolute atomic E-state index is 0.0124. The number of benzene rings is 2. The number of halogens is 1. The molecule has 0 saturated heterocycles. The minimum Gasteiger partial charge on any atom is -0.331 e. The highest BCUT2D eigenvalue weighted by molar-refractivity contribution is 5.94. The Morgan fingerprint density at radius 1 is 1.14 bits per heavy atom. The summed E-state index contributed by atoms with van der Waals surface area (Å²) in [5.41, 5.74) is 3.31. The highest BCUT2D eigenvalue weighted by Crippen LogP contribution is 2.20. The van der Waals surface area contributed by atoms with Crippen LogP contribution in [0.2, 0.25) is 0 Å². The molecular formula is C23H28FN3O. The summed E-state index contributed by atoms with van der Waals surface area (Å²) < 4.78 is 15.8. The Hall–Kier alpha value is -2.69. The normalized spacial score (nSPS) is 11.1. The topological polar surface area (TPSA) is 38.1 Å². The van der Waals surface area contributed by atoms with Crippen molar-refractivity contribution < 1.29 is 9.18 Å². The van der Waals surface area contributed by atoms with Gasteiger partial charge in [0.15, 0.2) is 0 Å². The molecule has 0 aliphatic carbocycles. The van der Waals surface area contributed by atoms with Crippen LogP contribution in [0.1, 0.15) is 54.9 Å². The summed E-state index contributed by atoms with van der Waals surface area (Å²) in [6, 6.07) is 12.4. The van der Waals surface area contributed by atoms with E-state index in [0.717, 1.165) is 42.7 Å². The summed E-state index contributed by atoms with van der Waals surface area (Å²) >= 11 is 0. The van der Waals surface area contributed by atoms with E-state index in [4.69, 9.17) is 0 Å². The second-order valence-electron chi connectivity index (χ2n) is 7.26. The average Bonchev–Trinajstić information content (AvgIpc) is 3.01. The fourth-order valence-electron chi connectivity index (χ4n) is 3.48. The van der Waals surface area contributed by atoms with Gasteiger partial charge in [-0.05, 0) is 44.0 Å². The quantitative estimate of drug-likeness (QED) is 0.528. The molecule has 0 spiro atoms. The number of aromatic nitrogens is 2. The molecular weight excluding hydrogens is 353 g/mol. The Bertz CT molecular complexity index is 964. The molecule has 0 bridgehead atoms. The number of hydrogen-bond donors (Lipinski definition) is 0. The molecule has 0 N–H and O–H groups in total. The van der Waals surface area contributed by atoms with Gasteiger partial charge in [-0.15, -0.1) is 0 Å². The maximum Gasteiger partial charge on any atom is 0.254 e. The molecule has 0 saturated carbocycles. The second-order valence-corrected chi connectivity index (χ2v) is 7.26. The molecule has 5 heteroatoms. The number of unbranched alkanes of at least 4 members (excludes halogenated alkanes) is 1. The van der Waals surface area contributed by atoms with Gasteiger partial charge >= 0.3 is 0 Å². The summed E-state index contributed by atoms with van der Waals surface area (Å²) in [4.78, 5) is 19.7. The first-order valence-electron chi connectivity index (χ1n) is 10.0. The van der Waals surface area contributed by atoms with Gasteiger partial charge in [-0.3, -0.25) is 4.79 Å². The zero-order valence-corrected chi connectivity index (χ0v) is 16.9. The molecule has 148 valence electrons. The van der Waals surface area contributed by atoms with Crippen LogP contribution in [-0.4, -0.2) is 26.9 Å². The predicted octanol–water partition coefficient (Wildman–Crippen LogP) is 5.34. The number of nitrogens with zero attached hydrogens (tertiary/aromatic N) is 3. The van der Waals surface area contributed by atoms with Crippen molar-refractivity contribution in [1.29, 1.82) is 0 Å². The maximum atomic E-state index is 13.7. The fraction of sp³-hybridized carbons (Fsp3) is 0.391. The van der Waals surface area contributed by atoms with Crippen molar-refractivity contribution >= 4 is 16.9 Å². The van der Waals surface area contributed by atoms with Gasteiger partial charge in [-0.25, -0.2) is 9.37 Å². The molecule has 0 unspecified atom stereocenters. The zero-order valence-electron chi connectivity index (χ0n) is 16.9. The first-order valence-corrected chi connectivity index (χ1v) is 10.0. The van der Waals surface area contributed by atoms with Gasteiger partial charge in [-0.1, -0.05) is 38.0 Å². The van der Waals surface area contributed by atoms with Crippen molar-refractivity contribution in [2.24, 2.45) is 0 Å². The molecule has 0 radical (unpaired) electrons. The Balaban J connectivity index is 1.96. The third kappa shape index (κ3) is 4.41. The molecule has 2 aromatic carbocycles. The molecule has 3 rings (SSSR count). The minimum atomic E-state index is -0.293. The summed E-state index contributed by atoms with van der Waals surface area (Å²) in [7, 11) is 0. The Kier molecular flexibility index (Phi) is 6.45. The van der Waals surface area contributed by atoms with Gasteiger partial charge in [0.1, 0.15) is 11.6 Å². The van der Waals surface area contributed by atoms with E-state index in [9.17, 15) is 9.18 Å². The van der Waals surface area contributed by atoms with Crippen LogP contribution in [0.5, 0.6) is 0 Å². The molecule has 4 nitrogen and oxygen atoms in total. The molecule has 3 aromatic rings. The number of hydrogen-bond acceptors (Lipinski definition) is 2. The van der Waals surface area contributed by atoms with Crippen molar-refractivity contribution in [1.82, 2.24) is 14.5 Å². The van der Waals surface area contributed by atoms with Crippen molar-refractivity contribution in [3.8, 4) is 0 Å². The molecule has 0 fully saturated rings. The van der Waals surface area contributed by atoms with E-state index >= 15 is 0 Å². The molecule has 0 aliphatic rings. The molecule has 28 heavy (non-hydrogen) atoms. The smallest absolute Gasteiger partial charge is 0.254 e. The number of carbonyl (C=O) groups is 1. The van der Waals surface area contributed by atoms with Crippen molar-refractivity contribution in [3.05, 3.63) is 65.2 Å². The van der Waals surface area contributed by atoms with Crippen LogP contribution in [0, 0.1) is 12.7 Å². The van der Waals surface area contributed by atoms with E-state index in [1.165, 1.54) is 12.1 Å². The lowest BCUT2D eigenvalue weighted by Crippen LogP contribution is -2.32. The number of carbonyl (C=O) groups excluding carboxylic acids is 1. The van der Waals surface area contributed by atoms with E-state index in [0.29, 0.717) is 24.2 Å². The number of aryl methyl sites for hydroxylation is 2. The van der Waals surface area contributed by atoms with Gasteiger partial charge in [0.2, 0.25) is 0 Å². The van der Waals surface area contributed by atoms with Crippen LogP contribution in [0.15, 0.2) is 42.5 Å². The van der Waals surface area contributed by atoms with E-state index in [1.54, 1.807) is 6.07 Å². The number of fused-ring (bicyclic) bond motifs is 1. The third-order valence-electron chi connectivity index (χ3n) is 4.90. The Labute approximate surface area is 166 Å². The summed E-state index contributed by atoms with van der Waals surface area (Å²) in [5, 5.41) is 0. The summed E-state index contributed by atoms with van der Waals surface area (Å²) in [5.74, 6) is 0.525. The molecule has 1 amide bonds. The lowest BCUT2D eigenvalue weighted by atomic mass is 10.1. The first-order chi connectivity index (χ1) is 13.5. The molecule has 0 aliphatic heterocycles. The second kappa shape index (κ2) is 9.00. The van der Waals surface area contributed by atoms with Gasteiger partial charge in [0.25, 0.3) is 5.91 Å².